The predicted molar refractivity (Wildman–Crippen MR) is 243 cm³/mol. The Morgan fingerprint density at radius 2 is 0.860 bits per heavy atom. The first-order valence-electron chi connectivity index (χ1n) is 19.3. The maximum Gasteiger partial charge on any atom is 0.143 e. The summed E-state index contributed by atoms with van der Waals surface area (Å²) in [6, 6.07) is 76.3. The van der Waals surface area contributed by atoms with Crippen LogP contribution in [0, 0.1) is 0 Å². The summed E-state index contributed by atoms with van der Waals surface area (Å²) in [5.41, 5.74) is 14.6. The van der Waals surface area contributed by atoms with E-state index in [9.17, 15) is 0 Å². The SMILES string of the molecule is c1ccc(-c2ccc(-c3ccc(N(c4ccc(-c5ccc6oc7c(-c8ccccc8)cccc7c6c5)cc4)c4cccc5sc6ccccc6c45)cc3)cc2)cc1. The first kappa shape index (κ1) is 33.2. The largest absolute Gasteiger partial charge is 0.455 e. The van der Waals surface area contributed by atoms with Gasteiger partial charge in [-0.1, -0.05) is 158 Å². The lowest BCUT2D eigenvalue weighted by Crippen LogP contribution is -2.10. The van der Waals surface area contributed by atoms with Crippen LogP contribution in [0.25, 0.3) is 86.6 Å². The third kappa shape index (κ3) is 5.88. The molecule has 57 heavy (non-hydrogen) atoms. The molecule has 0 unspecified atom stereocenters. The van der Waals surface area contributed by atoms with Crippen LogP contribution in [0.2, 0.25) is 0 Å². The summed E-state index contributed by atoms with van der Waals surface area (Å²) >= 11 is 1.85. The zero-order valence-electron chi connectivity index (χ0n) is 31.0. The highest BCUT2D eigenvalue weighted by atomic mass is 32.1. The molecule has 0 aliphatic heterocycles. The monoisotopic (exact) mass is 745 g/mol. The smallest absolute Gasteiger partial charge is 0.143 e. The molecule has 2 nitrogen and oxygen atoms in total. The predicted octanol–water partition coefficient (Wildman–Crippen LogP) is 16.1. The van der Waals surface area contributed by atoms with Crippen LogP contribution in [0.4, 0.5) is 17.1 Å². The minimum absolute atomic E-state index is 0.895. The fraction of sp³-hybridized carbons (Fsp3) is 0. The van der Waals surface area contributed by atoms with Crippen molar-refractivity contribution in [1.82, 2.24) is 0 Å². The molecular weight excluding hydrogens is 711 g/mol. The number of para-hydroxylation sites is 1. The maximum absolute atomic E-state index is 6.49. The number of furan rings is 1. The average Bonchev–Trinajstić information content (AvgIpc) is 3.86. The standard InChI is InChI=1S/C54H35NOS/c1-3-11-36(12-4-1)37-21-23-38(24-22-37)39-25-30-43(31-26-39)55(49-18-10-20-52-53(49)47-15-7-8-19-51(47)57-52)44-32-27-40(28-33-44)42-29-34-50-48(35-42)46-17-9-16-45(54(46)56-50)41-13-5-2-6-14-41/h1-35H. The number of hydrogen-bond donors (Lipinski definition) is 0. The molecule has 0 amide bonds. The van der Waals surface area contributed by atoms with Crippen LogP contribution in [-0.2, 0) is 0 Å². The molecule has 3 heteroatoms. The highest BCUT2D eigenvalue weighted by Crippen LogP contribution is 2.46. The molecule has 2 aromatic heterocycles. The van der Waals surface area contributed by atoms with Gasteiger partial charge in [0.05, 0.1) is 5.69 Å². The van der Waals surface area contributed by atoms with Gasteiger partial charge < -0.3 is 9.32 Å². The van der Waals surface area contributed by atoms with E-state index in [-0.39, 0.29) is 0 Å². The van der Waals surface area contributed by atoms with Gasteiger partial charge in [0.15, 0.2) is 0 Å². The summed E-state index contributed by atoms with van der Waals surface area (Å²) < 4.78 is 9.06. The van der Waals surface area contributed by atoms with Crippen molar-refractivity contribution < 1.29 is 4.42 Å². The fourth-order valence-electron chi connectivity index (χ4n) is 8.28. The molecule has 9 aromatic carbocycles. The number of fused-ring (bicyclic) bond motifs is 6. The summed E-state index contributed by atoms with van der Waals surface area (Å²) in [4.78, 5) is 2.41. The Hall–Kier alpha value is -7.20. The second kappa shape index (κ2) is 13.8. The van der Waals surface area contributed by atoms with E-state index in [1.165, 1.54) is 42.4 Å². The average molecular weight is 746 g/mol. The van der Waals surface area contributed by atoms with Crippen molar-refractivity contribution in [3.05, 3.63) is 212 Å². The van der Waals surface area contributed by atoms with Gasteiger partial charge in [0.25, 0.3) is 0 Å². The molecular formula is C54H35NOS. The van der Waals surface area contributed by atoms with E-state index in [1.54, 1.807) is 0 Å². The lowest BCUT2D eigenvalue weighted by molar-refractivity contribution is 0.670. The second-order valence-electron chi connectivity index (χ2n) is 14.5. The molecule has 0 aliphatic carbocycles. The van der Waals surface area contributed by atoms with E-state index in [0.717, 1.165) is 61.3 Å². The van der Waals surface area contributed by atoms with Crippen LogP contribution in [-0.4, -0.2) is 0 Å². The Morgan fingerprint density at radius 3 is 1.54 bits per heavy atom. The summed E-state index contributed by atoms with van der Waals surface area (Å²) in [5, 5.41) is 4.80. The van der Waals surface area contributed by atoms with Crippen LogP contribution in [0.15, 0.2) is 217 Å². The minimum Gasteiger partial charge on any atom is -0.455 e. The van der Waals surface area contributed by atoms with E-state index < -0.39 is 0 Å². The Balaban J connectivity index is 0.986. The Kier molecular flexibility index (Phi) is 8.04. The number of rotatable bonds is 7. The van der Waals surface area contributed by atoms with Gasteiger partial charge in [-0.25, -0.2) is 0 Å². The Labute approximate surface area is 335 Å². The van der Waals surface area contributed by atoms with Gasteiger partial charge >= 0.3 is 0 Å². The van der Waals surface area contributed by atoms with Gasteiger partial charge in [0.1, 0.15) is 11.2 Å². The number of thiophene rings is 1. The van der Waals surface area contributed by atoms with Gasteiger partial charge in [-0.05, 0) is 93.5 Å². The Morgan fingerprint density at radius 1 is 0.351 bits per heavy atom. The molecule has 0 bridgehead atoms. The van der Waals surface area contributed by atoms with Crippen LogP contribution >= 0.6 is 11.3 Å². The number of anilines is 3. The van der Waals surface area contributed by atoms with Gasteiger partial charge in [-0.3, -0.25) is 0 Å². The van der Waals surface area contributed by atoms with Gasteiger partial charge in [0, 0.05) is 47.9 Å². The van der Waals surface area contributed by atoms with Crippen molar-refractivity contribution in [1.29, 1.82) is 0 Å². The van der Waals surface area contributed by atoms with Crippen molar-refractivity contribution in [3.8, 4) is 44.5 Å². The molecule has 11 rings (SSSR count). The van der Waals surface area contributed by atoms with Crippen molar-refractivity contribution in [3.63, 3.8) is 0 Å². The summed E-state index contributed by atoms with van der Waals surface area (Å²) in [5.74, 6) is 0. The van der Waals surface area contributed by atoms with Crippen LogP contribution in [0.3, 0.4) is 0 Å². The highest BCUT2D eigenvalue weighted by molar-refractivity contribution is 7.26. The summed E-state index contributed by atoms with van der Waals surface area (Å²) in [6.07, 6.45) is 0. The van der Waals surface area contributed by atoms with Gasteiger partial charge in [0.2, 0.25) is 0 Å². The molecule has 0 aliphatic rings. The van der Waals surface area contributed by atoms with Gasteiger partial charge in [-0.15, -0.1) is 11.3 Å². The summed E-state index contributed by atoms with van der Waals surface area (Å²) in [7, 11) is 0. The molecule has 268 valence electrons. The molecule has 0 N–H and O–H groups in total. The second-order valence-corrected chi connectivity index (χ2v) is 15.6. The van der Waals surface area contributed by atoms with E-state index >= 15 is 0 Å². The zero-order chi connectivity index (χ0) is 37.7. The Bertz CT molecular complexity index is 3200. The molecule has 0 radical (unpaired) electrons. The number of nitrogens with zero attached hydrogens (tertiary/aromatic N) is 1. The normalized spacial score (nSPS) is 11.5. The van der Waals surface area contributed by atoms with E-state index in [0.29, 0.717) is 0 Å². The van der Waals surface area contributed by atoms with Crippen LogP contribution in [0.5, 0.6) is 0 Å². The molecule has 0 spiro atoms. The maximum atomic E-state index is 6.49. The minimum atomic E-state index is 0.895. The van der Waals surface area contributed by atoms with E-state index in [1.807, 2.05) is 17.4 Å². The third-order valence-electron chi connectivity index (χ3n) is 11.1. The van der Waals surface area contributed by atoms with Crippen molar-refractivity contribution in [2.75, 3.05) is 4.90 Å². The number of benzene rings is 9. The van der Waals surface area contributed by atoms with E-state index in [2.05, 4.69) is 211 Å². The molecule has 0 saturated heterocycles. The topological polar surface area (TPSA) is 16.4 Å². The van der Waals surface area contributed by atoms with E-state index in [4.69, 9.17) is 4.42 Å². The third-order valence-corrected chi connectivity index (χ3v) is 12.2. The lowest BCUT2D eigenvalue weighted by Gasteiger charge is -2.27. The quantitative estimate of drug-likeness (QED) is 0.162. The number of hydrogen-bond acceptors (Lipinski definition) is 3. The zero-order valence-corrected chi connectivity index (χ0v) is 31.8. The van der Waals surface area contributed by atoms with Gasteiger partial charge in [-0.2, -0.15) is 0 Å². The van der Waals surface area contributed by atoms with Crippen molar-refractivity contribution in [2.45, 2.75) is 0 Å². The first-order valence-corrected chi connectivity index (χ1v) is 20.1. The molecule has 0 saturated carbocycles. The fourth-order valence-corrected chi connectivity index (χ4v) is 9.41. The molecule has 11 aromatic rings. The van der Waals surface area contributed by atoms with Crippen molar-refractivity contribution >= 4 is 70.5 Å². The van der Waals surface area contributed by atoms with Crippen molar-refractivity contribution in [2.24, 2.45) is 0 Å². The highest BCUT2D eigenvalue weighted by Gasteiger charge is 2.19. The molecule has 0 atom stereocenters. The molecule has 2 heterocycles. The van der Waals surface area contributed by atoms with Crippen LogP contribution < -0.4 is 4.90 Å². The molecule has 0 fully saturated rings. The first-order chi connectivity index (χ1) is 28.2. The lowest BCUT2D eigenvalue weighted by atomic mass is 9.99. The van der Waals surface area contributed by atoms with Crippen LogP contribution in [0.1, 0.15) is 0 Å². The summed E-state index contributed by atoms with van der Waals surface area (Å²) in [6.45, 7) is 0.